The van der Waals surface area contributed by atoms with Crippen molar-refractivity contribution in [3.63, 3.8) is 0 Å². The van der Waals surface area contributed by atoms with Gasteiger partial charge in [-0.3, -0.25) is 0 Å². The highest BCUT2D eigenvalue weighted by molar-refractivity contribution is 5.55. The molecule has 25 heavy (non-hydrogen) atoms. The lowest BCUT2D eigenvalue weighted by Crippen LogP contribution is -2.27. The summed E-state index contributed by atoms with van der Waals surface area (Å²) in [4.78, 5) is 8.68. The molecule has 0 amide bonds. The Kier molecular flexibility index (Phi) is 4.63. The summed E-state index contributed by atoms with van der Waals surface area (Å²) >= 11 is 0. The molecule has 0 saturated carbocycles. The van der Waals surface area contributed by atoms with Crippen LogP contribution in [0.15, 0.2) is 55.1 Å². The number of aryl methyl sites for hydroxylation is 1. The molecule has 0 N–H and O–H groups in total. The highest BCUT2D eigenvalue weighted by Crippen LogP contribution is 2.34. The molecule has 0 saturated heterocycles. The van der Waals surface area contributed by atoms with Gasteiger partial charge < -0.3 is 9.13 Å². The third-order valence-corrected chi connectivity index (χ3v) is 4.36. The van der Waals surface area contributed by atoms with E-state index in [4.69, 9.17) is 0 Å². The number of nitrogens with zero attached hydrogens (tertiary/aromatic N) is 6. The summed E-state index contributed by atoms with van der Waals surface area (Å²) in [5, 5.41) is 19.4. The SMILES string of the molecule is Cc1nccn1C(C(C)C#N)C(C#N)n1ccnc1-c1ccccc1. The van der Waals surface area contributed by atoms with Gasteiger partial charge >= 0.3 is 0 Å². The third-order valence-electron chi connectivity index (χ3n) is 4.36. The molecule has 3 atom stereocenters. The molecule has 6 heteroatoms. The Bertz CT molecular complexity index is 925. The zero-order valence-electron chi connectivity index (χ0n) is 14.1. The smallest absolute Gasteiger partial charge is 0.144 e. The van der Waals surface area contributed by atoms with Gasteiger partial charge in [0.1, 0.15) is 17.7 Å². The Balaban J connectivity index is 2.11. The fourth-order valence-corrected chi connectivity index (χ4v) is 3.10. The zero-order chi connectivity index (χ0) is 17.8. The van der Waals surface area contributed by atoms with E-state index < -0.39 is 6.04 Å². The molecule has 6 nitrogen and oxygen atoms in total. The van der Waals surface area contributed by atoms with Crippen molar-refractivity contribution >= 4 is 0 Å². The van der Waals surface area contributed by atoms with Gasteiger partial charge in [-0.1, -0.05) is 30.3 Å². The molecule has 0 spiro atoms. The van der Waals surface area contributed by atoms with Gasteiger partial charge in [0.25, 0.3) is 0 Å². The third kappa shape index (κ3) is 3.02. The molecule has 0 bridgehead atoms. The number of benzene rings is 1. The summed E-state index contributed by atoms with van der Waals surface area (Å²) in [6.45, 7) is 3.70. The fourth-order valence-electron chi connectivity index (χ4n) is 3.10. The number of rotatable bonds is 5. The van der Waals surface area contributed by atoms with Crippen LogP contribution in [-0.4, -0.2) is 19.1 Å². The molecule has 0 aliphatic rings. The predicted octanol–water partition coefficient (Wildman–Crippen LogP) is 3.52. The normalized spacial score (nSPS) is 14.2. The molecular weight excluding hydrogens is 312 g/mol. The van der Waals surface area contributed by atoms with Crippen molar-refractivity contribution in [2.24, 2.45) is 5.92 Å². The van der Waals surface area contributed by atoms with E-state index in [-0.39, 0.29) is 12.0 Å². The maximum Gasteiger partial charge on any atom is 0.144 e. The number of nitriles is 2. The number of hydrogen-bond donors (Lipinski definition) is 0. The monoisotopic (exact) mass is 330 g/mol. The number of aromatic nitrogens is 4. The summed E-state index contributed by atoms with van der Waals surface area (Å²) in [6, 6.07) is 13.4. The lowest BCUT2D eigenvalue weighted by molar-refractivity contribution is 0.323. The lowest BCUT2D eigenvalue weighted by atomic mass is 9.95. The number of hydrogen-bond acceptors (Lipinski definition) is 4. The minimum absolute atomic E-state index is 0.367. The predicted molar refractivity (Wildman–Crippen MR) is 93.1 cm³/mol. The van der Waals surface area contributed by atoms with Crippen molar-refractivity contribution in [1.82, 2.24) is 19.1 Å². The molecule has 2 heterocycles. The lowest BCUT2D eigenvalue weighted by Gasteiger charge is -2.28. The average molecular weight is 330 g/mol. The fraction of sp³-hybridized carbons (Fsp3) is 0.263. The first kappa shape index (κ1) is 16.5. The van der Waals surface area contributed by atoms with Crippen LogP contribution >= 0.6 is 0 Å². The van der Waals surface area contributed by atoms with Crippen LogP contribution in [0, 0.1) is 35.5 Å². The first-order chi connectivity index (χ1) is 12.2. The molecule has 1 aromatic carbocycles. The summed E-state index contributed by atoms with van der Waals surface area (Å²) < 4.78 is 3.74. The van der Waals surface area contributed by atoms with Crippen LogP contribution in [-0.2, 0) is 0 Å². The van der Waals surface area contributed by atoms with E-state index in [9.17, 15) is 10.5 Å². The topological polar surface area (TPSA) is 83.2 Å². The quantitative estimate of drug-likeness (QED) is 0.716. The van der Waals surface area contributed by atoms with Crippen molar-refractivity contribution in [3.05, 3.63) is 60.9 Å². The van der Waals surface area contributed by atoms with E-state index in [1.54, 1.807) is 18.6 Å². The molecule has 0 radical (unpaired) electrons. The minimum Gasteiger partial charge on any atom is -0.328 e. The Morgan fingerprint density at radius 3 is 2.24 bits per heavy atom. The van der Waals surface area contributed by atoms with E-state index in [2.05, 4.69) is 22.1 Å². The van der Waals surface area contributed by atoms with Gasteiger partial charge in [0.2, 0.25) is 0 Å². The second-order valence-electron chi connectivity index (χ2n) is 5.89. The van der Waals surface area contributed by atoms with Gasteiger partial charge in [-0.15, -0.1) is 0 Å². The molecule has 3 rings (SSSR count). The molecule has 0 aliphatic heterocycles. The van der Waals surface area contributed by atoms with Crippen molar-refractivity contribution in [2.75, 3.05) is 0 Å². The first-order valence-electron chi connectivity index (χ1n) is 8.04. The Morgan fingerprint density at radius 2 is 1.64 bits per heavy atom. The highest BCUT2D eigenvalue weighted by Gasteiger charge is 2.32. The molecule has 3 unspecified atom stereocenters. The molecule has 2 aromatic heterocycles. The molecule has 124 valence electrons. The second kappa shape index (κ2) is 7.02. The van der Waals surface area contributed by atoms with Crippen LogP contribution in [0.3, 0.4) is 0 Å². The van der Waals surface area contributed by atoms with Crippen LogP contribution in [0.1, 0.15) is 24.8 Å². The summed E-state index contributed by atoms with van der Waals surface area (Å²) in [5.74, 6) is 1.11. The average Bonchev–Trinajstić information content (AvgIpc) is 3.29. The maximum atomic E-state index is 9.93. The second-order valence-corrected chi connectivity index (χ2v) is 5.89. The van der Waals surface area contributed by atoms with Gasteiger partial charge in [-0.25, -0.2) is 9.97 Å². The van der Waals surface area contributed by atoms with E-state index in [1.807, 2.05) is 59.5 Å². The van der Waals surface area contributed by atoms with E-state index >= 15 is 0 Å². The van der Waals surface area contributed by atoms with Crippen molar-refractivity contribution in [3.8, 4) is 23.5 Å². The van der Waals surface area contributed by atoms with Crippen LogP contribution in [0.25, 0.3) is 11.4 Å². The van der Waals surface area contributed by atoms with Crippen LogP contribution in [0.4, 0.5) is 0 Å². The highest BCUT2D eigenvalue weighted by atomic mass is 15.2. The summed E-state index contributed by atoms with van der Waals surface area (Å²) in [6.07, 6.45) is 6.98. The Morgan fingerprint density at radius 1 is 0.960 bits per heavy atom. The van der Waals surface area contributed by atoms with Gasteiger partial charge in [-0.2, -0.15) is 10.5 Å². The summed E-state index contributed by atoms with van der Waals surface area (Å²) in [5.41, 5.74) is 0.929. The van der Waals surface area contributed by atoms with Crippen LogP contribution in [0.2, 0.25) is 0 Å². The van der Waals surface area contributed by atoms with Crippen molar-refractivity contribution in [2.45, 2.75) is 25.9 Å². The standard InChI is InChI=1S/C19H18N6/c1-14(12-20)18(24-10-8-22-15(24)2)17(13-21)25-11-9-23-19(25)16-6-4-3-5-7-16/h3-11,14,17-18H,1-2H3. The molecule has 3 aromatic rings. The molecule has 0 fully saturated rings. The van der Waals surface area contributed by atoms with Crippen LogP contribution < -0.4 is 0 Å². The Hall–Kier alpha value is -3.38. The van der Waals surface area contributed by atoms with Crippen molar-refractivity contribution < 1.29 is 0 Å². The Labute approximate surface area is 146 Å². The van der Waals surface area contributed by atoms with Gasteiger partial charge in [0.05, 0.1) is 24.1 Å². The van der Waals surface area contributed by atoms with E-state index in [0.29, 0.717) is 5.82 Å². The van der Waals surface area contributed by atoms with Crippen molar-refractivity contribution in [1.29, 1.82) is 10.5 Å². The first-order valence-corrected chi connectivity index (χ1v) is 8.04. The molecular formula is C19H18N6. The van der Waals surface area contributed by atoms with E-state index in [0.717, 1.165) is 11.4 Å². The number of imidazole rings is 2. The van der Waals surface area contributed by atoms with E-state index in [1.165, 1.54) is 0 Å². The largest absolute Gasteiger partial charge is 0.328 e. The zero-order valence-corrected chi connectivity index (χ0v) is 14.1. The van der Waals surface area contributed by atoms with Gasteiger partial charge in [-0.05, 0) is 13.8 Å². The van der Waals surface area contributed by atoms with Gasteiger partial charge in [0.15, 0.2) is 0 Å². The maximum absolute atomic E-state index is 9.93. The van der Waals surface area contributed by atoms with Crippen LogP contribution in [0.5, 0.6) is 0 Å². The minimum atomic E-state index is -0.583. The summed E-state index contributed by atoms with van der Waals surface area (Å²) in [7, 11) is 0. The molecule has 0 aliphatic carbocycles. The van der Waals surface area contributed by atoms with Gasteiger partial charge in [0, 0.05) is 30.4 Å².